The van der Waals surface area contributed by atoms with Crippen LogP contribution in [0.2, 0.25) is 0 Å². The second-order valence-electron chi connectivity index (χ2n) is 4.87. The van der Waals surface area contributed by atoms with Crippen molar-refractivity contribution in [3.8, 4) is 0 Å². The third-order valence-corrected chi connectivity index (χ3v) is 2.77. The van der Waals surface area contributed by atoms with Gasteiger partial charge in [0.05, 0.1) is 5.69 Å². The van der Waals surface area contributed by atoms with Crippen LogP contribution in [0, 0.1) is 19.3 Å². The van der Waals surface area contributed by atoms with Gasteiger partial charge in [0, 0.05) is 16.7 Å². The maximum Gasteiger partial charge on any atom is 0.0704 e. The summed E-state index contributed by atoms with van der Waals surface area (Å²) in [4.78, 5) is 4.56. The average Bonchev–Trinajstić information content (AvgIpc) is 2.26. The zero-order chi connectivity index (χ0) is 11.1. The van der Waals surface area contributed by atoms with Crippen molar-refractivity contribution in [1.82, 2.24) is 4.98 Å². The molecular formula is C14H17N. The highest BCUT2D eigenvalue weighted by Gasteiger charge is 2.14. The molecule has 1 heteroatoms. The number of fused-ring (bicyclic) bond motifs is 1. The molecule has 0 saturated carbocycles. The minimum Gasteiger partial charge on any atom is -0.253 e. The monoisotopic (exact) mass is 199 g/mol. The van der Waals surface area contributed by atoms with Gasteiger partial charge in [-0.1, -0.05) is 32.1 Å². The molecule has 0 unspecified atom stereocenters. The van der Waals surface area contributed by atoms with Gasteiger partial charge in [0.1, 0.15) is 0 Å². The molecule has 1 aromatic rings. The molecule has 0 bridgehead atoms. The first-order valence-corrected chi connectivity index (χ1v) is 5.35. The Morgan fingerprint density at radius 2 is 1.73 bits per heavy atom. The highest BCUT2D eigenvalue weighted by atomic mass is 14.7. The van der Waals surface area contributed by atoms with E-state index in [0.717, 1.165) is 11.4 Å². The SMILES string of the molecule is Cc1cc(C)c2c(n1)C=CC(C)(C)C=C2. The van der Waals surface area contributed by atoms with E-state index in [-0.39, 0.29) is 5.41 Å². The van der Waals surface area contributed by atoms with Gasteiger partial charge in [-0.3, -0.25) is 4.98 Å². The molecule has 0 atom stereocenters. The molecule has 0 N–H and O–H groups in total. The number of aromatic nitrogens is 1. The molecule has 15 heavy (non-hydrogen) atoms. The molecule has 1 aliphatic rings. The fourth-order valence-corrected chi connectivity index (χ4v) is 1.87. The van der Waals surface area contributed by atoms with Crippen molar-refractivity contribution < 1.29 is 0 Å². The summed E-state index contributed by atoms with van der Waals surface area (Å²) in [5.41, 5.74) is 4.86. The predicted octanol–water partition coefficient (Wildman–Crippen LogP) is 3.76. The number of hydrogen-bond acceptors (Lipinski definition) is 1. The average molecular weight is 199 g/mol. The van der Waals surface area contributed by atoms with Crippen molar-refractivity contribution in [1.29, 1.82) is 0 Å². The van der Waals surface area contributed by atoms with Crippen LogP contribution in [0.3, 0.4) is 0 Å². The van der Waals surface area contributed by atoms with Crippen LogP contribution < -0.4 is 0 Å². The van der Waals surface area contributed by atoms with Gasteiger partial charge in [-0.25, -0.2) is 0 Å². The van der Waals surface area contributed by atoms with Gasteiger partial charge in [-0.05, 0) is 31.6 Å². The number of pyridine rings is 1. The van der Waals surface area contributed by atoms with E-state index in [9.17, 15) is 0 Å². The Morgan fingerprint density at radius 3 is 2.47 bits per heavy atom. The molecule has 0 spiro atoms. The van der Waals surface area contributed by atoms with Crippen molar-refractivity contribution in [3.05, 3.63) is 40.7 Å². The Morgan fingerprint density at radius 1 is 1.07 bits per heavy atom. The van der Waals surface area contributed by atoms with Gasteiger partial charge in [-0.2, -0.15) is 0 Å². The van der Waals surface area contributed by atoms with Crippen molar-refractivity contribution in [2.75, 3.05) is 0 Å². The fourth-order valence-electron chi connectivity index (χ4n) is 1.87. The van der Waals surface area contributed by atoms with Crippen LogP contribution in [0.25, 0.3) is 12.2 Å². The molecule has 0 fully saturated rings. The molecule has 0 aliphatic heterocycles. The Hall–Kier alpha value is -1.37. The van der Waals surface area contributed by atoms with Gasteiger partial charge >= 0.3 is 0 Å². The van der Waals surface area contributed by atoms with Gasteiger partial charge in [-0.15, -0.1) is 0 Å². The predicted molar refractivity (Wildman–Crippen MR) is 65.6 cm³/mol. The second kappa shape index (κ2) is 3.34. The van der Waals surface area contributed by atoms with Crippen LogP contribution in [-0.2, 0) is 0 Å². The number of hydrogen-bond donors (Lipinski definition) is 0. The van der Waals surface area contributed by atoms with Crippen molar-refractivity contribution >= 4 is 12.2 Å². The molecule has 0 amide bonds. The fraction of sp³-hybridized carbons (Fsp3) is 0.357. The lowest BCUT2D eigenvalue weighted by Gasteiger charge is -2.11. The summed E-state index contributed by atoms with van der Waals surface area (Å²) >= 11 is 0. The normalized spacial score (nSPS) is 17.3. The molecule has 0 aromatic carbocycles. The minimum atomic E-state index is 0.126. The lowest BCUT2D eigenvalue weighted by molar-refractivity contribution is 0.633. The molecule has 1 heterocycles. The van der Waals surface area contributed by atoms with Crippen molar-refractivity contribution in [3.63, 3.8) is 0 Å². The van der Waals surface area contributed by atoms with E-state index in [1.807, 2.05) is 6.92 Å². The van der Waals surface area contributed by atoms with E-state index in [2.05, 4.69) is 56.1 Å². The Balaban J connectivity index is 2.63. The van der Waals surface area contributed by atoms with E-state index in [0.29, 0.717) is 0 Å². The number of rotatable bonds is 0. The largest absolute Gasteiger partial charge is 0.253 e. The molecule has 1 aromatic heterocycles. The number of nitrogens with zero attached hydrogens (tertiary/aromatic N) is 1. The molecule has 2 rings (SSSR count). The van der Waals surface area contributed by atoms with E-state index in [1.54, 1.807) is 0 Å². The van der Waals surface area contributed by atoms with Crippen molar-refractivity contribution in [2.24, 2.45) is 5.41 Å². The van der Waals surface area contributed by atoms with E-state index < -0.39 is 0 Å². The van der Waals surface area contributed by atoms with Gasteiger partial charge in [0.25, 0.3) is 0 Å². The molecule has 1 aliphatic carbocycles. The Bertz CT molecular complexity index is 451. The summed E-state index contributed by atoms with van der Waals surface area (Å²) in [6.45, 7) is 8.59. The third-order valence-electron chi connectivity index (χ3n) is 2.77. The molecule has 1 nitrogen and oxygen atoms in total. The third kappa shape index (κ3) is 2.01. The molecule has 0 saturated heterocycles. The van der Waals surface area contributed by atoms with Crippen LogP contribution in [0.5, 0.6) is 0 Å². The van der Waals surface area contributed by atoms with Gasteiger partial charge < -0.3 is 0 Å². The number of allylic oxidation sites excluding steroid dienone is 2. The Kier molecular flexibility index (Phi) is 2.26. The summed E-state index contributed by atoms with van der Waals surface area (Å²) < 4.78 is 0. The smallest absolute Gasteiger partial charge is 0.0704 e. The lowest BCUT2D eigenvalue weighted by Crippen LogP contribution is -2.00. The maximum atomic E-state index is 4.56. The zero-order valence-electron chi connectivity index (χ0n) is 9.83. The zero-order valence-corrected chi connectivity index (χ0v) is 9.83. The number of aryl methyl sites for hydroxylation is 2. The molecule has 0 radical (unpaired) electrons. The highest BCUT2D eigenvalue weighted by Crippen LogP contribution is 2.28. The van der Waals surface area contributed by atoms with Crippen molar-refractivity contribution in [2.45, 2.75) is 27.7 Å². The minimum absolute atomic E-state index is 0.126. The summed E-state index contributed by atoms with van der Waals surface area (Å²) in [5, 5.41) is 0. The summed E-state index contributed by atoms with van der Waals surface area (Å²) in [7, 11) is 0. The van der Waals surface area contributed by atoms with E-state index >= 15 is 0 Å². The first-order chi connectivity index (χ1) is 6.98. The van der Waals surface area contributed by atoms with Crippen LogP contribution in [0.4, 0.5) is 0 Å². The van der Waals surface area contributed by atoms with Crippen LogP contribution in [-0.4, -0.2) is 4.98 Å². The maximum absolute atomic E-state index is 4.56. The first-order valence-electron chi connectivity index (χ1n) is 5.35. The summed E-state index contributed by atoms with van der Waals surface area (Å²) in [6.07, 6.45) is 8.77. The molecule has 78 valence electrons. The highest BCUT2D eigenvalue weighted by molar-refractivity contribution is 5.68. The van der Waals surface area contributed by atoms with E-state index in [4.69, 9.17) is 0 Å². The topological polar surface area (TPSA) is 12.9 Å². The molecular weight excluding hydrogens is 182 g/mol. The summed E-state index contributed by atoms with van der Waals surface area (Å²) in [5.74, 6) is 0. The van der Waals surface area contributed by atoms with E-state index in [1.165, 1.54) is 11.1 Å². The van der Waals surface area contributed by atoms with Crippen LogP contribution in [0.1, 0.15) is 36.4 Å². The second-order valence-corrected chi connectivity index (χ2v) is 4.87. The van der Waals surface area contributed by atoms with Crippen LogP contribution in [0.15, 0.2) is 18.2 Å². The van der Waals surface area contributed by atoms with Crippen LogP contribution >= 0.6 is 0 Å². The quantitative estimate of drug-likeness (QED) is 0.620. The standard InChI is InChI=1S/C14H17N/c1-10-9-11(2)15-13-6-8-14(3,4)7-5-12(10)13/h5-9H,1-4H3. The lowest BCUT2D eigenvalue weighted by atomic mass is 9.93. The van der Waals surface area contributed by atoms with Gasteiger partial charge in [0.15, 0.2) is 0 Å². The first kappa shape index (κ1) is 10.2. The Labute approximate surface area is 91.6 Å². The summed E-state index contributed by atoms with van der Waals surface area (Å²) in [6, 6.07) is 2.13. The van der Waals surface area contributed by atoms with Gasteiger partial charge in [0.2, 0.25) is 0 Å².